The van der Waals surface area contributed by atoms with Crippen LogP contribution in [0.15, 0.2) is 12.4 Å². The standard InChI is InChI=1S/C13H22N2/c1-5-7-8-13(4,6-2)12-10-14-11(3)9-15-12/h9-10H,5-8H2,1-4H3. The lowest BCUT2D eigenvalue weighted by molar-refractivity contribution is 0.391. The Morgan fingerprint density at radius 2 is 1.93 bits per heavy atom. The molecule has 0 N–H and O–H groups in total. The zero-order valence-electron chi connectivity index (χ0n) is 10.4. The number of nitrogens with zero attached hydrogens (tertiary/aromatic N) is 2. The van der Waals surface area contributed by atoms with Gasteiger partial charge in [0.05, 0.1) is 11.4 Å². The molecule has 2 nitrogen and oxygen atoms in total. The van der Waals surface area contributed by atoms with E-state index in [-0.39, 0.29) is 5.41 Å². The van der Waals surface area contributed by atoms with Gasteiger partial charge in [0.2, 0.25) is 0 Å². The number of unbranched alkanes of at least 4 members (excludes halogenated alkanes) is 1. The summed E-state index contributed by atoms with van der Waals surface area (Å²) in [6.45, 7) is 8.74. The Bertz CT molecular complexity index is 292. The third-order valence-corrected chi connectivity index (χ3v) is 3.26. The van der Waals surface area contributed by atoms with E-state index in [4.69, 9.17) is 0 Å². The predicted octanol–water partition coefficient (Wildman–Crippen LogP) is 3.64. The van der Waals surface area contributed by atoms with Gasteiger partial charge >= 0.3 is 0 Å². The minimum Gasteiger partial charge on any atom is -0.258 e. The molecule has 1 rings (SSSR count). The zero-order valence-corrected chi connectivity index (χ0v) is 10.4. The van der Waals surface area contributed by atoms with E-state index in [1.165, 1.54) is 19.3 Å². The highest BCUT2D eigenvalue weighted by Gasteiger charge is 2.25. The maximum atomic E-state index is 4.51. The normalized spacial score (nSPS) is 14.9. The summed E-state index contributed by atoms with van der Waals surface area (Å²) in [5.74, 6) is 0. The topological polar surface area (TPSA) is 25.8 Å². The molecule has 1 atom stereocenters. The molecule has 0 aromatic carbocycles. The first-order chi connectivity index (χ1) is 7.12. The Morgan fingerprint density at radius 1 is 1.20 bits per heavy atom. The maximum absolute atomic E-state index is 4.51. The fraction of sp³-hybridized carbons (Fsp3) is 0.692. The van der Waals surface area contributed by atoms with Crippen LogP contribution in [0.3, 0.4) is 0 Å². The molecule has 1 aromatic heterocycles. The zero-order chi connectivity index (χ0) is 11.3. The van der Waals surface area contributed by atoms with Crippen molar-refractivity contribution in [2.45, 2.75) is 58.8 Å². The summed E-state index contributed by atoms with van der Waals surface area (Å²) in [5, 5.41) is 0. The Labute approximate surface area is 93.2 Å². The average Bonchev–Trinajstić information content (AvgIpc) is 2.27. The van der Waals surface area contributed by atoms with E-state index in [2.05, 4.69) is 30.7 Å². The van der Waals surface area contributed by atoms with Crippen molar-refractivity contribution < 1.29 is 0 Å². The molecule has 15 heavy (non-hydrogen) atoms. The second-order valence-electron chi connectivity index (χ2n) is 4.56. The van der Waals surface area contributed by atoms with Crippen molar-refractivity contribution in [2.24, 2.45) is 0 Å². The molecule has 84 valence electrons. The van der Waals surface area contributed by atoms with Crippen LogP contribution in [-0.4, -0.2) is 9.97 Å². The SMILES string of the molecule is CCCCC(C)(CC)c1cnc(C)cn1. The van der Waals surface area contributed by atoms with Crippen molar-refractivity contribution in [1.29, 1.82) is 0 Å². The Balaban J connectivity index is 2.85. The van der Waals surface area contributed by atoms with Crippen molar-refractivity contribution in [1.82, 2.24) is 9.97 Å². The van der Waals surface area contributed by atoms with E-state index < -0.39 is 0 Å². The fourth-order valence-electron chi connectivity index (χ4n) is 1.76. The monoisotopic (exact) mass is 206 g/mol. The van der Waals surface area contributed by atoms with E-state index in [1.54, 1.807) is 0 Å². The van der Waals surface area contributed by atoms with Gasteiger partial charge in [-0.15, -0.1) is 0 Å². The molecule has 0 spiro atoms. The lowest BCUT2D eigenvalue weighted by Crippen LogP contribution is -2.22. The molecular weight excluding hydrogens is 184 g/mol. The first-order valence-electron chi connectivity index (χ1n) is 5.91. The predicted molar refractivity (Wildman–Crippen MR) is 63.9 cm³/mol. The number of hydrogen-bond acceptors (Lipinski definition) is 2. The summed E-state index contributed by atoms with van der Waals surface area (Å²) in [5.41, 5.74) is 2.34. The third-order valence-electron chi connectivity index (χ3n) is 3.26. The van der Waals surface area contributed by atoms with Gasteiger partial charge < -0.3 is 0 Å². The van der Waals surface area contributed by atoms with Gasteiger partial charge in [0.25, 0.3) is 0 Å². The van der Waals surface area contributed by atoms with Crippen LogP contribution in [0.1, 0.15) is 57.8 Å². The highest BCUT2D eigenvalue weighted by atomic mass is 14.8. The Morgan fingerprint density at radius 3 is 2.40 bits per heavy atom. The van der Waals surface area contributed by atoms with Gasteiger partial charge in [-0.25, -0.2) is 0 Å². The van der Waals surface area contributed by atoms with Crippen molar-refractivity contribution in [3.8, 4) is 0 Å². The summed E-state index contributed by atoms with van der Waals surface area (Å²) in [6.07, 6.45) is 8.65. The van der Waals surface area contributed by atoms with E-state index in [9.17, 15) is 0 Å². The van der Waals surface area contributed by atoms with Crippen molar-refractivity contribution >= 4 is 0 Å². The van der Waals surface area contributed by atoms with Crippen LogP contribution in [-0.2, 0) is 5.41 Å². The first-order valence-corrected chi connectivity index (χ1v) is 5.91. The molecule has 0 radical (unpaired) electrons. The second-order valence-corrected chi connectivity index (χ2v) is 4.56. The van der Waals surface area contributed by atoms with E-state index in [0.29, 0.717) is 0 Å². The molecule has 0 aliphatic heterocycles. The van der Waals surface area contributed by atoms with Crippen molar-refractivity contribution in [3.63, 3.8) is 0 Å². The van der Waals surface area contributed by atoms with Crippen LogP contribution in [0.2, 0.25) is 0 Å². The molecule has 0 aliphatic carbocycles. The van der Waals surface area contributed by atoms with Gasteiger partial charge in [-0.1, -0.05) is 33.6 Å². The van der Waals surface area contributed by atoms with Gasteiger partial charge in [-0.2, -0.15) is 0 Å². The minimum atomic E-state index is 0.205. The number of aryl methyl sites for hydroxylation is 1. The van der Waals surface area contributed by atoms with Crippen LogP contribution in [0, 0.1) is 6.92 Å². The molecule has 0 saturated carbocycles. The van der Waals surface area contributed by atoms with E-state index >= 15 is 0 Å². The third kappa shape index (κ3) is 3.01. The van der Waals surface area contributed by atoms with Gasteiger partial charge in [0, 0.05) is 17.8 Å². The number of hydrogen-bond donors (Lipinski definition) is 0. The van der Waals surface area contributed by atoms with Crippen LogP contribution < -0.4 is 0 Å². The van der Waals surface area contributed by atoms with E-state index in [1.807, 2.05) is 19.3 Å². The molecule has 0 bridgehead atoms. The van der Waals surface area contributed by atoms with Gasteiger partial charge in [0.1, 0.15) is 0 Å². The molecule has 1 unspecified atom stereocenters. The van der Waals surface area contributed by atoms with Crippen molar-refractivity contribution in [2.75, 3.05) is 0 Å². The second kappa shape index (κ2) is 5.24. The number of aromatic nitrogens is 2. The van der Waals surface area contributed by atoms with Gasteiger partial charge in [-0.3, -0.25) is 9.97 Å². The Hall–Kier alpha value is -0.920. The van der Waals surface area contributed by atoms with Crippen LogP contribution in [0.25, 0.3) is 0 Å². The van der Waals surface area contributed by atoms with Crippen LogP contribution in [0.4, 0.5) is 0 Å². The molecule has 0 amide bonds. The van der Waals surface area contributed by atoms with Crippen molar-refractivity contribution in [3.05, 3.63) is 23.8 Å². The van der Waals surface area contributed by atoms with Crippen LogP contribution >= 0.6 is 0 Å². The highest BCUT2D eigenvalue weighted by Crippen LogP contribution is 2.30. The molecule has 0 fully saturated rings. The molecule has 2 heteroatoms. The molecule has 0 saturated heterocycles. The summed E-state index contributed by atoms with van der Waals surface area (Å²) >= 11 is 0. The minimum absolute atomic E-state index is 0.205. The lowest BCUT2D eigenvalue weighted by atomic mass is 9.79. The largest absolute Gasteiger partial charge is 0.258 e. The number of rotatable bonds is 5. The van der Waals surface area contributed by atoms with Gasteiger partial charge in [-0.05, 0) is 19.8 Å². The first kappa shape index (κ1) is 12.2. The Kier molecular flexibility index (Phi) is 4.25. The van der Waals surface area contributed by atoms with E-state index in [0.717, 1.165) is 17.8 Å². The summed E-state index contributed by atoms with van der Waals surface area (Å²) < 4.78 is 0. The van der Waals surface area contributed by atoms with Gasteiger partial charge in [0.15, 0.2) is 0 Å². The summed E-state index contributed by atoms with van der Waals surface area (Å²) in [4.78, 5) is 8.85. The molecule has 0 aliphatic rings. The molecule has 1 aromatic rings. The lowest BCUT2D eigenvalue weighted by Gasteiger charge is -2.27. The molecular formula is C13H22N2. The summed E-state index contributed by atoms with van der Waals surface area (Å²) in [7, 11) is 0. The summed E-state index contributed by atoms with van der Waals surface area (Å²) in [6, 6.07) is 0. The van der Waals surface area contributed by atoms with Crippen LogP contribution in [0.5, 0.6) is 0 Å². The smallest absolute Gasteiger partial charge is 0.0645 e. The molecule has 1 heterocycles. The fourth-order valence-corrected chi connectivity index (χ4v) is 1.76. The quantitative estimate of drug-likeness (QED) is 0.735. The highest BCUT2D eigenvalue weighted by molar-refractivity contribution is 5.12. The maximum Gasteiger partial charge on any atom is 0.0645 e. The average molecular weight is 206 g/mol.